The van der Waals surface area contributed by atoms with Gasteiger partial charge < -0.3 is 18.9 Å². The van der Waals surface area contributed by atoms with Crippen LogP contribution in [0.15, 0.2) is 0 Å². The minimum absolute atomic E-state index is 0.0390. The largest absolute Gasteiger partial charge is 0.460 e. The number of hydrogen-bond donors (Lipinski definition) is 0. The summed E-state index contributed by atoms with van der Waals surface area (Å²) in [4.78, 5) is 11.4. The minimum atomic E-state index is -0.0873. The highest BCUT2D eigenvalue weighted by Crippen LogP contribution is 2.32. The third kappa shape index (κ3) is 10.1. The van der Waals surface area contributed by atoms with Crippen molar-refractivity contribution in [3.05, 3.63) is 0 Å². The first-order valence-corrected chi connectivity index (χ1v) is 12.7. The average molecular weight is 427 g/mol. The van der Waals surface area contributed by atoms with Gasteiger partial charge in [-0.1, -0.05) is 84.0 Å². The summed E-state index contributed by atoms with van der Waals surface area (Å²) in [6.45, 7) is 2.59. The van der Waals surface area contributed by atoms with Gasteiger partial charge in [0, 0.05) is 13.5 Å². The molecular weight excluding hydrogens is 380 g/mol. The molecular formula is C25H46O5. The van der Waals surface area contributed by atoms with Crippen molar-refractivity contribution in [1.82, 2.24) is 0 Å². The van der Waals surface area contributed by atoms with Crippen molar-refractivity contribution in [2.75, 3.05) is 13.9 Å². The van der Waals surface area contributed by atoms with Crippen LogP contribution in [0.5, 0.6) is 0 Å². The van der Waals surface area contributed by atoms with E-state index >= 15 is 0 Å². The van der Waals surface area contributed by atoms with E-state index in [9.17, 15) is 4.79 Å². The fourth-order valence-electron chi connectivity index (χ4n) is 4.76. The van der Waals surface area contributed by atoms with Gasteiger partial charge in [-0.3, -0.25) is 4.79 Å². The van der Waals surface area contributed by atoms with E-state index in [4.69, 9.17) is 18.9 Å². The average Bonchev–Trinajstić information content (AvgIpc) is 3.40. The van der Waals surface area contributed by atoms with Crippen LogP contribution in [0.1, 0.15) is 116 Å². The molecule has 0 radical (unpaired) electrons. The Labute approximate surface area is 184 Å². The second-order valence-electron chi connectivity index (χ2n) is 9.15. The highest BCUT2D eigenvalue weighted by Gasteiger charge is 2.39. The molecule has 0 bridgehead atoms. The summed E-state index contributed by atoms with van der Waals surface area (Å²) in [5.74, 6) is -0.0873. The number of rotatable bonds is 18. The Morgan fingerprint density at radius 2 is 1.50 bits per heavy atom. The Bertz CT molecular complexity index is 441. The molecule has 2 aliphatic heterocycles. The zero-order chi connectivity index (χ0) is 21.4. The second kappa shape index (κ2) is 16.0. The van der Waals surface area contributed by atoms with Gasteiger partial charge in [0.05, 0.1) is 18.3 Å². The smallest absolute Gasteiger partial charge is 0.306 e. The van der Waals surface area contributed by atoms with Gasteiger partial charge in [-0.2, -0.15) is 0 Å². The van der Waals surface area contributed by atoms with E-state index in [1.54, 1.807) is 7.11 Å². The van der Waals surface area contributed by atoms with E-state index in [0.717, 1.165) is 25.7 Å². The van der Waals surface area contributed by atoms with E-state index in [2.05, 4.69) is 6.92 Å². The maximum absolute atomic E-state index is 11.4. The van der Waals surface area contributed by atoms with Crippen molar-refractivity contribution >= 4 is 5.97 Å². The van der Waals surface area contributed by atoms with Gasteiger partial charge in [0.25, 0.3) is 0 Å². The highest BCUT2D eigenvalue weighted by atomic mass is 16.7. The molecule has 5 nitrogen and oxygen atoms in total. The van der Waals surface area contributed by atoms with Crippen LogP contribution in [0.2, 0.25) is 0 Å². The summed E-state index contributed by atoms with van der Waals surface area (Å²) < 4.78 is 22.7. The van der Waals surface area contributed by atoms with Crippen LogP contribution >= 0.6 is 0 Å². The fraction of sp³-hybridized carbons (Fsp3) is 0.960. The van der Waals surface area contributed by atoms with Gasteiger partial charge in [0.2, 0.25) is 0 Å². The van der Waals surface area contributed by atoms with Crippen molar-refractivity contribution in [1.29, 1.82) is 0 Å². The number of ether oxygens (including phenoxy) is 4. The molecule has 0 amide bonds. The number of carbonyl (C=O) groups excluding carboxylic acids is 1. The summed E-state index contributed by atoms with van der Waals surface area (Å²) in [6, 6.07) is 0. The summed E-state index contributed by atoms with van der Waals surface area (Å²) in [5, 5.41) is 0. The van der Waals surface area contributed by atoms with Crippen molar-refractivity contribution in [3.8, 4) is 0 Å². The summed E-state index contributed by atoms with van der Waals surface area (Å²) in [5.41, 5.74) is 0. The van der Waals surface area contributed by atoms with E-state index in [-0.39, 0.29) is 30.4 Å². The van der Waals surface area contributed by atoms with Crippen LogP contribution in [-0.4, -0.2) is 44.3 Å². The molecule has 0 aliphatic carbocycles. The lowest BCUT2D eigenvalue weighted by Gasteiger charge is -2.25. The van der Waals surface area contributed by atoms with Crippen LogP contribution in [0.4, 0.5) is 0 Å². The van der Waals surface area contributed by atoms with Crippen LogP contribution in [0, 0.1) is 0 Å². The van der Waals surface area contributed by atoms with Gasteiger partial charge in [-0.05, 0) is 25.7 Å². The van der Waals surface area contributed by atoms with Gasteiger partial charge in [-0.15, -0.1) is 0 Å². The standard InChI is InChI=1S/C25H46O5/c1-3-4-5-6-7-8-9-10-11-12-13-14-15-21(28-20-27-2)22-16-17-23(29-22)24-18-19-25(26)30-24/h21-24H,3-20H2,1-2H3/t21-,22+,23+,24-/m0/s1. The number of cyclic esters (lactones) is 1. The molecule has 2 fully saturated rings. The highest BCUT2D eigenvalue weighted by molar-refractivity contribution is 5.71. The Kier molecular flexibility index (Phi) is 13.7. The van der Waals surface area contributed by atoms with Gasteiger partial charge in [0.15, 0.2) is 0 Å². The normalized spacial score (nSPS) is 25.0. The molecule has 4 atom stereocenters. The summed E-state index contributed by atoms with van der Waals surface area (Å²) >= 11 is 0. The van der Waals surface area contributed by atoms with Crippen LogP contribution in [-0.2, 0) is 23.7 Å². The minimum Gasteiger partial charge on any atom is -0.460 e. The molecule has 2 aliphatic rings. The second-order valence-corrected chi connectivity index (χ2v) is 9.15. The number of hydrogen-bond acceptors (Lipinski definition) is 5. The molecule has 0 aromatic heterocycles. The Morgan fingerprint density at radius 3 is 2.07 bits per heavy atom. The molecule has 2 heterocycles. The van der Waals surface area contributed by atoms with Gasteiger partial charge in [0.1, 0.15) is 12.9 Å². The molecule has 2 rings (SSSR count). The lowest BCUT2D eigenvalue weighted by Crippen LogP contribution is -2.33. The SMILES string of the molecule is CCCCCCCCCCCCCC[C@H](OCOC)[C@H]1CC[C@H]([C@@H]2CCC(=O)O2)O1. The number of carbonyl (C=O) groups is 1. The molecule has 0 saturated carbocycles. The molecule has 0 aromatic rings. The quantitative estimate of drug-likeness (QED) is 0.146. The Hall–Kier alpha value is -0.650. The lowest BCUT2D eigenvalue weighted by molar-refractivity contribution is -0.154. The zero-order valence-electron chi connectivity index (χ0n) is 19.6. The number of unbranched alkanes of at least 4 members (excludes halogenated alkanes) is 11. The van der Waals surface area contributed by atoms with Crippen molar-refractivity contribution in [3.63, 3.8) is 0 Å². The summed E-state index contributed by atoms with van der Waals surface area (Å²) in [6.07, 6.45) is 20.7. The molecule has 5 heteroatoms. The lowest BCUT2D eigenvalue weighted by atomic mass is 10.0. The maximum atomic E-state index is 11.4. The van der Waals surface area contributed by atoms with Crippen LogP contribution < -0.4 is 0 Å². The van der Waals surface area contributed by atoms with Gasteiger partial charge in [-0.25, -0.2) is 0 Å². The predicted molar refractivity (Wildman–Crippen MR) is 119 cm³/mol. The maximum Gasteiger partial charge on any atom is 0.306 e. The number of methoxy groups -OCH3 is 1. The monoisotopic (exact) mass is 426 g/mol. The first kappa shape index (κ1) is 25.6. The third-order valence-electron chi connectivity index (χ3n) is 6.57. The molecule has 0 spiro atoms. The van der Waals surface area contributed by atoms with Crippen LogP contribution in [0.3, 0.4) is 0 Å². The molecule has 30 heavy (non-hydrogen) atoms. The molecule has 2 saturated heterocycles. The topological polar surface area (TPSA) is 54.0 Å². The van der Waals surface area contributed by atoms with Crippen LogP contribution in [0.25, 0.3) is 0 Å². The first-order valence-electron chi connectivity index (χ1n) is 12.7. The first-order chi connectivity index (χ1) is 14.7. The fourth-order valence-corrected chi connectivity index (χ4v) is 4.76. The van der Waals surface area contributed by atoms with E-state index in [1.807, 2.05) is 0 Å². The molecule has 0 unspecified atom stereocenters. The zero-order valence-corrected chi connectivity index (χ0v) is 19.6. The number of esters is 1. The summed E-state index contributed by atoms with van der Waals surface area (Å²) in [7, 11) is 1.66. The van der Waals surface area contributed by atoms with Crippen molar-refractivity contribution in [2.45, 2.75) is 140 Å². The van der Waals surface area contributed by atoms with E-state index in [1.165, 1.54) is 77.0 Å². The molecule has 176 valence electrons. The third-order valence-corrected chi connectivity index (χ3v) is 6.57. The predicted octanol–water partition coefficient (Wildman–Crippen LogP) is 6.32. The Balaban J connectivity index is 1.53. The van der Waals surface area contributed by atoms with E-state index in [0.29, 0.717) is 13.2 Å². The Morgan fingerprint density at radius 1 is 0.867 bits per heavy atom. The van der Waals surface area contributed by atoms with Crippen molar-refractivity contribution in [2.24, 2.45) is 0 Å². The molecule has 0 N–H and O–H groups in total. The van der Waals surface area contributed by atoms with Gasteiger partial charge >= 0.3 is 5.97 Å². The molecule has 0 aromatic carbocycles. The van der Waals surface area contributed by atoms with Crippen molar-refractivity contribution < 1.29 is 23.7 Å². The van der Waals surface area contributed by atoms with E-state index < -0.39 is 0 Å².